The van der Waals surface area contributed by atoms with Gasteiger partial charge in [-0.05, 0) is 35.9 Å². The van der Waals surface area contributed by atoms with E-state index in [0.29, 0.717) is 11.6 Å². The Kier molecular flexibility index (Phi) is 5.55. The average molecular weight is 462 g/mol. The molecule has 0 bridgehead atoms. The van der Waals surface area contributed by atoms with Crippen molar-refractivity contribution in [2.24, 2.45) is 5.92 Å². The molecule has 1 aliphatic rings. The van der Waals surface area contributed by atoms with Crippen molar-refractivity contribution >= 4 is 32.4 Å². The number of aromatic nitrogens is 2. The van der Waals surface area contributed by atoms with Crippen molar-refractivity contribution in [1.29, 1.82) is 0 Å². The summed E-state index contributed by atoms with van der Waals surface area (Å²) in [7, 11) is 0.276. The lowest BCUT2D eigenvalue weighted by atomic mass is 10.0. The summed E-state index contributed by atoms with van der Waals surface area (Å²) in [5.74, 6) is 0.535. The summed E-state index contributed by atoms with van der Waals surface area (Å²) >= 11 is 0. The largest absolute Gasteiger partial charge is 0.378 e. The van der Waals surface area contributed by atoms with Gasteiger partial charge >= 0.3 is 0 Å². The standard InChI is InChI=1S/C25H27N5O2S/c1-29(2)20-8-6-7-19(13-20)22-17-30(16-18-14-26-15-18)25-24(22)23(11-12-27-25)28-33(31,32)21-9-4-3-5-10-21/h3-13,17-18,26H,14-16H2,1-2H3,(H,27,28). The van der Waals surface area contributed by atoms with Gasteiger partial charge in [0.15, 0.2) is 0 Å². The van der Waals surface area contributed by atoms with Gasteiger partial charge in [0.25, 0.3) is 10.0 Å². The van der Waals surface area contributed by atoms with Crippen LogP contribution in [-0.4, -0.2) is 45.2 Å². The zero-order valence-corrected chi connectivity index (χ0v) is 19.5. The molecule has 8 heteroatoms. The van der Waals surface area contributed by atoms with Gasteiger partial charge in [-0.15, -0.1) is 0 Å². The minimum absolute atomic E-state index is 0.228. The lowest BCUT2D eigenvalue weighted by Gasteiger charge is -2.27. The van der Waals surface area contributed by atoms with E-state index in [1.54, 1.807) is 42.6 Å². The third kappa shape index (κ3) is 4.19. The van der Waals surface area contributed by atoms with E-state index in [-0.39, 0.29) is 4.90 Å². The Hall–Kier alpha value is -3.36. The summed E-state index contributed by atoms with van der Waals surface area (Å²) in [5.41, 5.74) is 4.36. The maximum Gasteiger partial charge on any atom is 0.261 e. The zero-order chi connectivity index (χ0) is 23.0. The highest BCUT2D eigenvalue weighted by Gasteiger charge is 2.23. The predicted molar refractivity (Wildman–Crippen MR) is 133 cm³/mol. The van der Waals surface area contributed by atoms with Crippen molar-refractivity contribution in [3.8, 4) is 11.1 Å². The predicted octanol–water partition coefficient (Wildman–Crippen LogP) is 3.79. The number of anilines is 2. The number of nitrogens with zero attached hydrogens (tertiary/aromatic N) is 3. The molecule has 1 aliphatic heterocycles. The van der Waals surface area contributed by atoms with E-state index >= 15 is 0 Å². The van der Waals surface area contributed by atoms with Crippen molar-refractivity contribution in [1.82, 2.24) is 14.9 Å². The first-order valence-corrected chi connectivity index (χ1v) is 12.4. The molecule has 0 amide bonds. The molecule has 4 aromatic rings. The molecule has 170 valence electrons. The van der Waals surface area contributed by atoms with Crippen LogP contribution >= 0.6 is 0 Å². The molecule has 0 aliphatic carbocycles. The highest BCUT2D eigenvalue weighted by atomic mass is 32.2. The summed E-state index contributed by atoms with van der Waals surface area (Å²) in [6.45, 7) is 2.79. The van der Waals surface area contributed by atoms with Crippen LogP contribution in [0.4, 0.5) is 11.4 Å². The second-order valence-electron chi connectivity index (χ2n) is 8.64. The molecular weight excluding hydrogens is 434 g/mol. The fourth-order valence-electron chi connectivity index (χ4n) is 4.17. The van der Waals surface area contributed by atoms with Gasteiger partial charge in [0, 0.05) is 63.3 Å². The molecule has 2 aromatic carbocycles. The Morgan fingerprint density at radius 1 is 1.09 bits per heavy atom. The molecule has 2 N–H and O–H groups in total. The van der Waals surface area contributed by atoms with E-state index in [1.165, 1.54) is 0 Å². The van der Waals surface area contributed by atoms with Crippen LogP contribution in [0.5, 0.6) is 0 Å². The van der Waals surface area contributed by atoms with Gasteiger partial charge in [-0.1, -0.05) is 30.3 Å². The topological polar surface area (TPSA) is 79.3 Å². The number of hydrogen-bond donors (Lipinski definition) is 2. The quantitative estimate of drug-likeness (QED) is 0.438. The highest BCUT2D eigenvalue weighted by molar-refractivity contribution is 7.92. The first-order chi connectivity index (χ1) is 15.9. The number of fused-ring (bicyclic) bond motifs is 1. The normalized spacial score (nSPS) is 14.2. The number of sulfonamides is 1. The molecule has 33 heavy (non-hydrogen) atoms. The minimum Gasteiger partial charge on any atom is -0.378 e. The van der Waals surface area contributed by atoms with Gasteiger partial charge < -0.3 is 14.8 Å². The molecule has 0 saturated carbocycles. The van der Waals surface area contributed by atoms with Crippen molar-refractivity contribution in [3.05, 3.63) is 73.1 Å². The fourth-order valence-corrected chi connectivity index (χ4v) is 5.26. The maximum atomic E-state index is 13.1. The molecule has 0 unspecified atom stereocenters. The Balaban J connectivity index is 1.66. The molecule has 2 aromatic heterocycles. The molecule has 3 heterocycles. The monoisotopic (exact) mass is 461 g/mol. The van der Waals surface area contributed by atoms with Crippen molar-refractivity contribution in [2.75, 3.05) is 36.8 Å². The SMILES string of the molecule is CN(C)c1cccc(-c2cn(CC3CNC3)c3nccc(NS(=O)(=O)c4ccccc4)c23)c1. The molecule has 1 saturated heterocycles. The fraction of sp³-hybridized carbons (Fsp3) is 0.240. The van der Waals surface area contributed by atoms with Gasteiger partial charge in [-0.3, -0.25) is 4.72 Å². The van der Waals surface area contributed by atoms with Crippen LogP contribution in [0.3, 0.4) is 0 Å². The summed E-state index contributed by atoms with van der Waals surface area (Å²) in [6.07, 6.45) is 3.77. The molecule has 1 fully saturated rings. The van der Waals surface area contributed by atoms with Crippen LogP contribution in [0.2, 0.25) is 0 Å². The number of benzene rings is 2. The average Bonchev–Trinajstić information content (AvgIpc) is 3.16. The van der Waals surface area contributed by atoms with Crippen LogP contribution in [0.15, 0.2) is 78.0 Å². The Morgan fingerprint density at radius 3 is 2.58 bits per heavy atom. The molecule has 0 radical (unpaired) electrons. The van der Waals surface area contributed by atoms with E-state index in [1.807, 2.05) is 20.2 Å². The van der Waals surface area contributed by atoms with Gasteiger partial charge in [0.2, 0.25) is 0 Å². The first kappa shape index (κ1) is 21.5. The van der Waals surface area contributed by atoms with Crippen LogP contribution in [0.1, 0.15) is 0 Å². The Labute approximate surface area is 194 Å². The van der Waals surface area contributed by atoms with E-state index in [2.05, 4.69) is 48.9 Å². The van der Waals surface area contributed by atoms with Crippen LogP contribution in [-0.2, 0) is 16.6 Å². The molecule has 0 atom stereocenters. The highest BCUT2D eigenvalue weighted by Crippen LogP contribution is 2.37. The smallest absolute Gasteiger partial charge is 0.261 e. The second-order valence-corrected chi connectivity index (χ2v) is 10.3. The molecule has 7 nitrogen and oxygen atoms in total. The summed E-state index contributed by atoms with van der Waals surface area (Å²) in [5, 5.41) is 4.12. The Bertz CT molecular complexity index is 1390. The number of rotatable bonds is 7. The van der Waals surface area contributed by atoms with Gasteiger partial charge in [0.1, 0.15) is 5.65 Å². The Morgan fingerprint density at radius 2 is 1.88 bits per heavy atom. The third-order valence-electron chi connectivity index (χ3n) is 6.05. The van der Waals surface area contributed by atoms with E-state index in [9.17, 15) is 8.42 Å². The maximum absolute atomic E-state index is 13.1. The van der Waals surface area contributed by atoms with E-state index in [0.717, 1.165) is 47.5 Å². The first-order valence-electron chi connectivity index (χ1n) is 11.0. The van der Waals surface area contributed by atoms with Crippen molar-refractivity contribution < 1.29 is 8.42 Å². The van der Waals surface area contributed by atoms with Crippen LogP contribution < -0.4 is 14.9 Å². The van der Waals surface area contributed by atoms with Crippen molar-refractivity contribution in [2.45, 2.75) is 11.4 Å². The number of hydrogen-bond acceptors (Lipinski definition) is 5. The van der Waals surface area contributed by atoms with E-state index < -0.39 is 10.0 Å². The molecule has 5 rings (SSSR count). The van der Waals surface area contributed by atoms with E-state index in [4.69, 9.17) is 0 Å². The van der Waals surface area contributed by atoms with Gasteiger partial charge in [-0.25, -0.2) is 13.4 Å². The van der Waals surface area contributed by atoms with Crippen LogP contribution in [0.25, 0.3) is 22.2 Å². The number of pyridine rings is 1. The summed E-state index contributed by atoms with van der Waals surface area (Å²) < 4.78 is 31.2. The third-order valence-corrected chi connectivity index (χ3v) is 7.43. The molecule has 0 spiro atoms. The number of nitrogens with one attached hydrogen (secondary N) is 2. The van der Waals surface area contributed by atoms with Gasteiger partial charge in [-0.2, -0.15) is 0 Å². The lowest BCUT2D eigenvalue weighted by molar-refractivity contribution is 0.310. The lowest BCUT2D eigenvalue weighted by Crippen LogP contribution is -2.44. The molecular formula is C25H27N5O2S. The zero-order valence-electron chi connectivity index (χ0n) is 18.7. The second kappa shape index (κ2) is 8.53. The summed E-state index contributed by atoms with van der Waals surface area (Å²) in [6, 6.07) is 18.4. The van der Waals surface area contributed by atoms with Crippen LogP contribution in [0, 0.1) is 5.92 Å². The summed E-state index contributed by atoms with van der Waals surface area (Å²) in [4.78, 5) is 6.94. The van der Waals surface area contributed by atoms with Crippen molar-refractivity contribution in [3.63, 3.8) is 0 Å². The van der Waals surface area contributed by atoms with Gasteiger partial charge in [0.05, 0.1) is 16.0 Å². The minimum atomic E-state index is -3.74.